The first-order chi connectivity index (χ1) is 10.9. The summed E-state index contributed by atoms with van der Waals surface area (Å²) in [6, 6.07) is 1.97. The second kappa shape index (κ2) is 7.39. The molecule has 126 valence electrons. The van der Waals surface area contributed by atoms with Gasteiger partial charge in [0.15, 0.2) is 0 Å². The smallest absolute Gasteiger partial charge is 0.303 e. The highest BCUT2D eigenvalue weighted by Gasteiger charge is 2.22. The van der Waals surface area contributed by atoms with Gasteiger partial charge in [-0.05, 0) is 6.92 Å². The molecule has 1 aliphatic heterocycles. The number of hydrogen-bond donors (Lipinski definition) is 1. The topological polar surface area (TPSA) is 86.6 Å². The Morgan fingerprint density at radius 1 is 1.17 bits per heavy atom. The number of aryl methyl sites for hydroxylation is 1. The highest BCUT2D eigenvalue weighted by Crippen LogP contribution is 2.19. The molecule has 2 rings (SSSR count). The van der Waals surface area contributed by atoms with Crippen molar-refractivity contribution in [3.05, 3.63) is 17.6 Å². The molecule has 0 unspecified atom stereocenters. The highest BCUT2D eigenvalue weighted by atomic mass is 16.4. The van der Waals surface area contributed by atoms with Gasteiger partial charge in [-0.25, -0.2) is 9.97 Å². The summed E-state index contributed by atoms with van der Waals surface area (Å²) in [5, 5.41) is 8.66. The van der Waals surface area contributed by atoms with Crippen molar-refractivity contribution in [3.8, 4) is 0 Å². The van der Waals surface area contributed by atoms with E-state index < -0.39 is 5.97 Å². The van der Waals surface area contributed by atoms with Crippen molar-refractivity contribution in [1.82, 2.24) is 14.9 Å². The number of aromatic nitrogens is 2. The summed E-state index contributed by atoms with van der Waals surface area (Å²) in [7, 11) is 0. The Labute approximate surface area is 136 Å². The maximum Gasteiger partial charge on any atom is 0.303 e. The number of nitrogens with zero attached hydrogens (tertiary/aromatic N) is 4. The van der Waals surface area contributed by atoms with Crippen molar-refractivity contribution >= 4 is 17.7 Å². The summed E-state index contributed by atoms with van der Waals surface area (Å²) < 4.78 is 0. The second-order valence-electron chi connectivity index (χ2n) is 6.14. The number of carboxylic acids is 1. The zero-order valence-corrected chi connectivity index (χ0v) is 13.9. The third-order valence-electron chi connectivity index (χ3n) is 3.88. The molecule has 2 heterocycles. The molecule has 0 spiro atoms. The van der Waals surface area contributed by atoms with E-state index in [4.69, 9.17) is 5.11 Å². The van der Waals surface area contributed by atoms with Gasteiger partial charge in [0.1, 0.15) is 11.6 Å². The van der Waals surface area contributed by atoms with Crippen molar-refractivity contribution < 1.29 is 14.7 Å². The molecule has 0 aromatic carbocycles. The number of piperazine rings is 1. The molecule has 1 aliphatic rings. The van der Waals surface area contributed by atoms with Crippen LogP contribution in [-0.4, -0.2) is 58.0 Å². The van der Waals surface area contributed by atoms with Crippen LogP contribution in [0.25, 0.3) is 0 Å². The van der Waals surface area contributed by atoms with Crippen molar-refractivity contribution in [2.45, 2.75) is 39.5 Å². The van der Waals surface area contributed by atoms with Crippen LogP contribution >= 0.6 is 0 Å². The van der Waals surface area contributed by atoms with Crippen molar-refractivity contribution in [2.75, 3.05) is 31.1 Å². The molecule has 7 nitrogen and oxygen atoms in total. The minimum Gasteiger partial charge on any atom is -0.481 e. The van der Waals surface area contributed by atoms with Gasteiger partial charge in [-0.2, -0.15) is 0 Å². The average molecular weight is 320 g/mol. The van der Waals surface area contributed by atoms with Crippen LogP contribution in [-0.2, 0) is 9.59 Å². The predicted molar refractivity (Wildman–Crippen MR) is 86.5 cm³/mol. The fourth-order valence-corrected chi connectivity index (χ4v) is 2.55. The molecule has 1 saturated heterocycles. The number of aliphatic carboxylic acids is 1. The van der Waals surface area contributed by atoms with E-state index >= 15 is 0 Å². The van der Waals surface area contributed by atoms with Gasteiger partial charge >= 0.3 is 5.97 Å². The quantitative estimate of drug-likeness (QED) is 0.883. The monoisotopic (exact) mass is 320 g/mol. The van der Waals surface area contributed by atoms with Crippen LogP contribution in [0.3, 0.4) is 0 Å². The van der Waals surface area contributed by atoms with E-state index in [1.165, 1.54) is 0 Å². The Bertz CT molecular complexity index is 581. The maximum absolute atomic E-state index is 12.0. The first-order valence-electron chi connectivity index (χ1n) is 7.97. The van der Waals surface area contributed by atoms with Crippen LogP contribution < -0.4 is 4.90 Å². The first kappa shape index (κ1) is 17.2. The first-order valence-corrected chi connectivity index (χ1v) is 7.97. The molecule has 0 aliphatic carbocycles. The van der Waals surface area contributed by atoms with E-state index in [2.05, 4.69) is 28.7 Å². The average Bonchev–Trinajstić information content (AvgIpc) is 2.52. The third kappa shape index (κ3) is 4.64. The van der Waals surface area contributed by atoms with E-state index in [1.807, 2.05) is 13.0 Å². The van der Waals surface area contributed by atoms with Gasteiger partial charge in [-0.15, -0.1) is 0 Å². The Balaban J connectivity index is 1.96. The van der Waals surface area contributed by atoms with Crippen LogP contribution in [0.15, 0.2) is 6.07 Å². The van der Waals surface area contributed by atoms with Crippen molar-refractivity contribution in [1.29, 1.82) is 0 Å². The Morgan fingerprint density at radius 2 is 1.83 bits per heavy atom. The van der Waals surface area contributed by atoms with Gasteiger partial charge in [-0.3, -0.25) is 9.59 Å². The number of amides is 1. The van der Waals surface area contributed by atoms with Crippen molar-refractivity contribution in [3.63, 3.8) is 0 Å². The Morgan fingerprint density at radius 3 is 2.39 bits per heavy atom. The largest absolute Gasteiger partial charge is 0.481 e. The molecule has 1 fully saturated rings. The molecule has 7 heteroatoms. The van der Waals surface area contributed by atoms with Crippen LogP contribution in [0.5, 0.6) is 0 Å². The van der Waals surface area contributed by atoms with E-state index in [1.54, 1.807) is 4.90 Å². The SMILES string of the molecule is Cc1cc(N2CCN(C(=O)CCC(=O)O)CC2)nc(C(C)C)n1. The number of anilines is 1. The molecule has 23 heavy (non-hydrogen) atoms. The lowest BCUT2D eigenvalue weighted by molar-refractivity contribution is -0.141. The van der Waals surface area contributed by atoms with Gasteiger partial charge in [0.25, 0.3) is 0 Å². The number of carboxylic acid groups (broad SMARTS) is 1. The number of carbonyl (C=O) groups excluding carboxylic acids is 1. The molecule has 1 aromatic rings. The Hall–Kier alpha value is -2.18. The molecule has 1 amide bonds. The van der Waals surface area contributed by atoms with E-state index in [0.717, 1.165) is 17.3 Å². The minimum absolute atomic E-state index is 0.0689. The Kier molecular flexibility index (Phi) is 5.52. The third-order valence-corrected chi connectivity index (χ3v) is 3.88. The molecule has 0 radical (unpaired) electrons. The lowest BCUT2D eigenvalue weighted by atomic mass is 10.2. The standard InChI is InChI=1S/C16H24N4O3/c1-11(2)16-17-12(3)10-13(18-16)19-6-8-20(9-7-19)14(21)4-5-15(22)23/h10-11H,4-9H2,1-3H3,(H,22,23). The molecule has 0 saturated carbocycles. The fraction of sp³-hybridized carbons (Fsp3) is 0.625. The van der Waals surface area contributed by atoms with Crippen LogP contribution in [0.1, 0.15) is 44.1 Å². The fourth-order valence-electron chi connectivity index (χ4n) is 2.55. The minimum atomic E-state index is -0.935. The summed E-state index contributed by atoms with van der Waals surface area (Å²) in [4.78, 5) is 35.5. The van der Waals surface area contributed by atoms with Gasteiger partial charge in [0, 0.05) is 50.3 Å². The van der Waals surface area contributed by atoms with Crippen molar-refractivity contribution in [2.24, 2.45) is 0 Å². The van der Waals surface area contributed by atoms with Gasteiger partial charge in [0.2, 0.25) is 5.91 Å². The van der Waals surface area contributed by atoms with Gasteiger partial charge in [-0.1, -0.05) is 13.8 Å². The summed E-state index contributed by atoms with van der Waals surface area (Å²) in [5.74, 6) is 0.981. The molecule has 0 bridgehead atoms. The number of hydrogen-bond acceptors (Lipinski definition) is 5. The predicted octanol–water partition coefficient (Wildman–Crippen LogP) is 1.42. The summed E-state index contributed by atoms with van der Waals surface area (Å²) in [6.07, 6.45) is -0.0403. The summed E-state index contributed by atoms with van der Waals surface area (Å²) in [6.45, 7) is 8.69. The maximum atomic E-state index is 12.0. The molecular formula is C16H24N4O3. The van der Waals surface area contributed by atoms with E-state index in [9.17, 15) is 9.59 Å². The summed E-state index contributed by atoms with van der Waals surface area (Å²) >= 11 is 0. The van der Waals surface area contributed by atoms with E-state index in [-0.39, 0.29) is 24.7 Å². The zero-order chi connectivity index (χ0) is 17.0. The zero-order valence-electron chi connectivity index (χ0n) is 13.9. The number of carbonyl (C=O) groups is 2. The molecule has 1 N–H and O–H groups in total. The lowest BCUT2D eigenvalue weighted by Gasteiger charge is -2.35. The number of rotatable bonds is 5. The molecular weight excluding hydrogens is 296 g/mol. The van der Waals surface area contributed by atoms with Crippen LogP contribution in [0.2, 0.25) is 0 Å². The molecule has 1 aromatic heterocycles. The normalized spacial score (nSPS) is 15.1. The summed E-state index contributed by atoms with van der Waals surface area (Å²) in [5.41, 5.74) is 0.943. The highest BCUT2D eigenvalue weighted by molar-refractivity contribution is 5.80. The van der Waals surface area contributed by atoms with Gasteiger partial charge < -0.3 is 14.9 Å². The van der Waals surface area contributed by atoms with Crippen LogP contribution in [0.4, 0.5) is 5.82 Å². The lowest BCUT2D eigenvalue weighted by Crippen LogP contribution is -2.49. The van der Waals surface area contributed by atoms with Gasteiger partial charge in [0.05, 0.1) is 6.42 Å². The van der Waals surface area contributed by atoms with Crippen LogP contribution in [0, 0.1) is 6.92 Å². The van der Waals surface area contributed by atoms with E-state index in [0.29, 0.717) is 26.2 Å². The second-order valence-corrected chi connectivity index (χ2v) is 6.14. The molecule has 0 atom stereocenters.